The predicted molar refractivity (Wildman–Crippen MR) is 82.2 cm³/mol. The van der Waals surface area contributed by atoms with Gasteiger partial charge in [0.05, 0.1) is 17.8 Å². The number of hydrogen-bond donors (Lipinski definition) is 1. The molecule has 20 heavy (non-hydrogen) atoms. The van der Waals surface area contributed by atoms with Gasteiger partial charge in [-0.3, -0.25) is 9.48 Å². The summed E-state index contributed by atoms with van der Waals surface area (Å²) in [7, 11) is 3.97. The van der Waals surface area contributed by atoms with E-state index < -0.39 is 0 Å². The van der Waals surface area contributed by atoms with Crippen molar-refractivity contribution in [3.63, 3.8) is 0 Å². The zero-order valence-electron chi connectivity index (χ0n) is 12.6. The van der Waals surface area contributed by atoms with E-state index in [4.69, 9.17) is 17.3 Å². The molecule has 0 fully saturated rings. The summed E-state index contributed by atoms with van der Waals surface area (Å²) in [6.07, 6.45) is 3.83. The lowest BCUT2D eigenvalue weighted by atomic mass is 9.99. The second kappa shape index (κ2) is 8.39. The fourth-order valence-electron chi connectivity index (χ4n) is 2.03. The van der Waals surface area contributed by atoms with Gasteiger partial charge in [0.1, 0.15) is 5.69 Å². The molecule has 0 spiro atoms. The van der Waals surface area contributed by atoms with Crippen molar-refractivity contribution >= 4 is 17.4 Å². The highest BCUT2D eigenvalue weighted by atomic mass is 35.5. The first-order chi connectivity index (χ1) is 9.45. The van der Waals surface area contributed by atoms with Gasteiger partial charge in [-0.15, -0.1) is 0 Å². The monoisotopic (exact) mass is 300 g/mol. The molecule has 1 heterocycles. The van der Waals surface area contributed by atoms with E-state index in [-0.39, 0.29) is 5.78 Å². The number of nitrogens with two attached hydrogens (primary N) is 1. The molecule has 1 atom stereocenters. The van der Waals surface area contributed by atoms with Gasteiger partial charge in [-0.05, 0) is 39.4 Å². The number of rotatable bonds is 9. The van der Waals surface area contributed by atoms with Gasteiger partial charge in [0.15, 0.2) is 5.78 Å². The SMILES string of the molecule is CC(CCN)CCC(=O)c1c(Cl)cnn1CCN(C)C. The predicted octanol–water partition coefficient (Wildman–Crippen LogP) is 2.05. The molecule has 0 amide bonds. The van der Waals surface area contributed by atoms with Gasteiger partial charge in [0.2, 0.25) is 0 Å². The third-order valence-corrected chi connectivity index (χ3v) is 3.62. The van der Waals surface area contributed by atoms with Crippen LogP contribution in [0.5, 0.6) is 0 Å². The zero-order valence-corrected chi connectivity index (χ0v) is 13.4. The van der Waals surface area contributed by atoms with E-state index in [1.54, 1.807) is 10.9 Å². The Kier molecular flexibility index (Phi) is 7.19. The smallest absolute Gasteiger partial charge is 0.182 e. The van der Waals surface area contributed by atoms with Gasteiger partial charge in [-0.25, -0.2) is 0 Å². The molecule has 114 valence electrons. The zero-order chi connectivity index (χ0) is 15.1. The quantitative estimate of drug-likeness (QED) is 0.709. The number of hydrogen-bond acceptors (Lipinski definition) is 4. The molecule has 0 aliphatic heterocycles. The number of carbonyl (C=O) groups is 1. The summed E-state index contributed by atoms with van der Waals surface area (Å²) >= 11 is 6.09. The lowest BCUT2D eigenvalue weighted by Gasteiger charge is -2.13. The van der Waals surface area contributed by atoms with Crippen LogP contribution in [0.3, 0.4) is 0 Å². The molecule has 0 aliphatic rings. The molecule has 0 aromatic carbocycles. The van der Waals surface area contributed by atoms with E-state index >= 15 is 0 Å². The highest BCUT2D eigenvalue weighted by molar-refractivity contribution is 6.33. The van der Waals surface area contributed by atoms with E-state index in [1.165, 1.54) is 0 Å². The average molecular weight is 301 g/mol. The summed E-state index contributed by atoms with van der Waals surface area (Å²) in [6.45, 7) is 4.27. The van der Waals surface area contributed by atoms with Gasteiger partial charge in [-0.1, -0.05) is 18.5 Å². The van der Waals surface area contributed by atoms with Crippen LogP contribution in [0.2, 0.25) is 5.02 Å². The summed E-state index contributed by atoms with van der Waals surface area (Å²) in [6, 6.07) is 0. The third-order valence-electron chi connectivity index (χ3n) is 3.34. The van der Waals surface area contributed by atoms with Crippen LogP contribution in [0.15, 0.2) is 6.20 Å². The maximum atomic E-state index is 12.3. The van der Waals surface area contributed by atoms with Crippen LogP contribution >= 0.6 is 11.6 Å². The van der Waals surface area contributed by atoms with E-state index in [0.29, 0.717) is 36.1 Å². The van der Waals surface area contributed by atoms with Crippen molar-refractivity contribution in [2.75, 3.05) is 27.2 Å². The summed E-state index contributed by atoms with van der Waals surface area (Å²) in [5.74, 6) is 0.524. The minimum atomic E-state index is 0.0649. The highest BCUT2D eigenvalue weighted by Crippen LogP contribution is 2.19. The Hall–Kier alpha value is -0.910. The van der Waals surface area contributed by atoms with Gasteiger partial charge >= 0.3 is 0 Å². The Morgan fingerprint density at radius 3 is 2.80 bits per heavy atom. The van der Waals surface area contributed by atoms with Crippen LogP contribution in [0.25, 0.3) is 0 Å². The second-order valence-corrected chi connectivity index (χ2v) is 5.92. The molecule has 1 aromatic heterocycles. The Bertz CT molecular complexity index is 431. The number of carbonyl (C=O) groups excluding carboxylic acids is 1. The first-order valence-corrected chi connectivity index (χ1v) is 7.42. The van der Waals surface area contributed by atoms with Gasteiger partial charge < -0.3 is 10.6 Å². The minimum Gasteiger partial charge on any atom is -0.330 e. The lowest BCUT2D eigenvalue weighted by Crippen LogP contribution is -2.21. The first kappa shape index (κ1) is 17.1. The van der Waals surface area contributed by atoms with E-state index in [1.807, 2.05) is 19.0 Å². The molecule has 0 saturated heterocycles. The number of Topliss-reactive ketones (excluding diaryl/α,β-unsaturated/α-hetero) is 1. The lowest BCUT2D eigenvalue weighted by molar-refractivity contribution is 0.0963. The molecule has 1 aromatic rings. The number of aromatic nitrogens is 2. The Morgan fingerprint density at radius 1 is 1.50 bits per heavy atom. The first-order valence-electron chi connectivity index (χ1n) is 7.05. The van der Waals surface area contributed by atoms with E-state index in [2.05, 4.69) is 12.0 Å². The maximum Gasteiger partial charge on any atom is 0.182 e. The normalized spacial score (nSPS) is 12.9. The molecule has 1 rings (SSSR count). The third kappa shape index (κ3) is 5.23. The molecule has 0 aliphatic carbocycles. The summed E-state index contributed by atoms with van der Waals surface area (Å²) in [5, 5.41) is 4.63. The van der Waals surface area contributed by atoms with E-state index in [9.17, 15) is 4.79 Å². The molecular weight excluding hydrogens is 276 g/mol. The fraction of sp³-hybridized carbons (Fsp3) is 0.714. The Balaban J connectivity index is 2.64. The van der Waals surface area contributed by atoms with E-state index in [0.717, 1.165) is 19.4 Å². The van der Waals surface area contributed by atoms with Gasteiger partial charge in [0, 0.05) is 13.0 Å². The molecule has 0 saturated carbocycles. The van der Waals surface area contributed by atoms with Crippen molar-refractivity contribution in [2.45, 2.75) is 32.7 Å². The van der Waals surface area contributed by atoms with Crippen LogP contribution in [-0.2, 0) is 6.54 Å². The van der Waals surface area contributed by atoms with Gasteiger partial charge in [0.25, 0.3) is 0 Å². The number of likely N-dealkylation sites (N-methyl/N-ethyl adjacent to an activating group) is 1. The van der Waals surface area contributed by atoms with Crippen molar-refractivity contribution in [1.82, 2.24) is 14.7 Å². The molecule has 5 nitrogen and oxygen atoms in total. The largest absolute Gasteiger partial charge is 0.330 e. The topological polar surface area (TPSA) is 64.2 Å². The maximum absolute atomic E-state index is 12.3. The van der Waals surface area contributed by atoms with Crippen molar-refractivity contribution in [3.8, 4) is 0 Å². The molecule has 0 bridgehead atoms. The van der Waals surface area contributed by atoms with Crippen molar-refractivity contribution in [2.24, 2.45) is 11.7 Å². The Labute approximate surface area is 126 Å². The molecule has 2 N–H and O–H groups in total. The van der Waals surface area contributed by atoms with Crippen LogP contribution in [-0.4, -0.2) is 47.6 Å². The average Bonchev–Trinajstić information content (AvgIpc) is 2.75. The van der Waals surface area contributed by atoms with Crippen molar-refractivity contribution < 1.29 is 4.79 Å². The van der Waals surface area contributed by atoms with Crippen LogP contribution in [0, 0.1) is 5.92 Å². The molecular formula is C14H25ClN4O. The standard InChI is InChI=1S/C14H25ClN4O/c1-11(6-7-16)4-5-13(20)14-12(15)10-17-19(14)9-8-18(2)3/h10-11H,4-9,16H2,1-3H3. The summed E-state index contributed by atoms with van der Waals surface area (Å²) in [4.78, 5) is 14.4. The van der Waals surface area contributed by atoms with Crippen LogP contribution in [0.4, 0.5) is 0 Å². The summed E-state index contributed by atoms with van der Waals surface area (Å²) in [5.41, 5.74) is 6.06. The number of ketones is 1. The molecule has 6 heteroatoms. The highest BCUT2D eigenvalue weighted by Gasteiger charge is 2.18. The number of nitrogens with zero attached hydrogens (tertiary/aromatic N) is 3. The van der Waals surface area contributed by atoms with Gasteiger partial charge in [-0.2, -0.15) is 5.10 Å². The minimum absolute atomic E-state index is 0.0649. The van der Waals surface area contributed by atoms with Crippen molar-refractivity contribution in [3.05, 3.63) is 16.9 Å². The van der Waals surface area contributed by atoms with Crippen LogP contribution < -0.4 is 5.73 Å². The number of halogens is 1. The summed E-state index contributed by atoms with van der Waals surface area (Å²) < 4.78 is 1.71. The van der Waals surface area contributed by atoms with Crippen LogP contribution in [0.1, 0.15) is 36.7 Å². The molecule has 1 unspecified atom stereocenters. The second-order valence-electron chi connectivity index (χ2n) is 5.51. The Morgan fingerprint density at radius 2 is 2.20 bits per heavy atom. The fourth-order valence-corrected chi connectivity index (χ4v) is 2.28. The van der Waals surface area contributed by atoms with Crippen molar-refractivity contribution in [1.29, 1.82) is 0 Å². The molecule has 0 radical (unpaired) electrons.